The van der Waals surface area contributed by atoms with Gasteiger partial charge in [0.15, 0.2) is 0 Å². The van der Waals surface area contributed by atoms with Crippen molar-refractivity contribution in [3.8, 4) is 0 Å². The first-order valence-electron chi connectivity index (χ1n) is 18.4. The normalized spacial score (nSPS) is 14.9. The van der Waals surface area contributed by atoms with E-state index in [0.29, 0.717) is 38.8 Å². The molecule has 0 saturated carbocycles. The van der Waals surface area contributed by atoms with Gasteiger partial charge in [-0.15, -0.1) is 0 Å². The topological polar surface area (TPSA) is 226 Å². The molecule has 0 aliphatic rings. The lowest BCUT2D eigenvalue weighted by atomic mass is 9.79. The Morgan fingerprint density at radius 2 is 0.926 bits per heavy atom. The number of rotatable bonds is 25. The molecule has 0 aliphatic heterocycles. The van der Waals surface area contributed by atoms with Crippen LogP contribution in [0.1, 0.15) is 116 Å². The Hall–Kier alpha value is -2.96. The average Bonchev–Trinajstić information content (AvgIpc) is 3.11. The largest absolute Gasteiger partial charge is 0.461 e. The van der Waals surface area contributed by atoms with Gasteiger partial charge in [0.05, 0.1) is 20.6 Å². The highest BCUT2D eigenvalue weighted by molar-refractivity contribution is 7.86. The zero-order chi connectivity index (χ0) is 40.7. The van der Waals surface area contributed by atoms with E-state index in [0.717, 1.165) is 36.8 Å². The summed E-state index contributed by atoms with van der Waals surface area (Å²) in [6.07, 6.45) is 3.46. The SMILES string of the molecule is CCC(CC(C)(C)C(=O)OCC(O)NCCCCCCNC(O)COC(=O)C(C)(C)CC(CC)c1ccc(S(=O)(=O)O)cc1)c1ccc(S(=O)(=O)O)cc1. The van der Waals surface area contributed by atoms with Crippen LogP contribution in [0.3, 0.4) is 0 Å². The maximum Gasteiger partial charge on any atom is 0.311 e. The Balaban J connectivity index is 1.61. The first-order valence-corrected chi connectivity index (χ1v) is 21.3. The zero-order valence-corrected chi connectivity index (χ0v) is 33.9. The third-order valence-corrected chi connectivity index (χ3v) is 11.2. The smallest absolute Gasteiger partial charge is 0.311 e. The Morgan fingerprint density at radius 3 is 1.20 bits per heavy atom. The second-order valence-corrected chi connectivity index (χ2v) is 17.9. The molecule has 0 heterocycles. The molecule has 0 aromatic heterocycles. The van der Waals surface area contributed by atoms with Crippen molar-refractivity contribution in [1.82, 2.24) is 10.6 Å². The molecule has 2 aromatic carbocycles. The molecule has 4 atom stereocenters. The number of aliphatic hydroxyl groups excluding tert-OH is 2. The van der Waals surface area contributed by atoms with Gasteiger partial charge in [-0.25, -0.2) is 0 Å². The summed E-state index contributed by atoms with van der Waals surface area (Å²) in [5.41, 5.74) is -0.0549. The molecular weight excluding hydrogens is 741 g/mol. The summed E-state index contributed by atoms with van der Waals surface area (Å²) in [7, 11) is -8.58. The van der Waals surface area contributed by atoms with Crippen molar-refractivity contribution in [3.63, 3.8) is 0 Å². The lowest BCUT2D eigenvalue weighted by Gasteiger charge is -2.28. The summed E-state index contributed by atoms with van der Waals surface area (Å²) in [5, 5.41) is 26.5. The van der Waals surface area contributed by atoms with Gasteiger partial charge in [-0.1, -0.05) is 51.0 Å². The highest BCUT2D eigenvalue weighted by atomic mass is 32.2. The molecular formula is C38H60N2O12S2. The summed E-state index contributed by atoms with van der Waals surface area (Å²) in [5.74, 6) is -1.02. The molecule has 2 rings (SSSR count). The number of nitrogens with one attached hydrogen (secondary N) is 2. The van der Waals surface area contributed by atoms with Gasteiger partial charge in [0.1, 0.15) is 25.7 Å². The van der Waals surface area contributed by atoms with Gasteiger partial charge in [-0.2, -0.15) is 16.8 Å². The fourth-order valence-corrected chi connectivity index (χ4v) is 7.14. The van der Waals surface area contributed by atoms with Gasteiger partial charge in [0.2, 0.25) is 0 Å². The molecule has 4 unspecified atom stereocenters. The van der Waals surface area contributed by atoms with Crippen LogP contribution in [0.4, 0.5) is 0 Å². The van der Waals surface area contributed by atoms with Crippen LogP contribution in [0, 0.1) is 10.8 Å². The number of hydrogen-bond donors (Lipinski definition) is 6. The first-order chi connectivity index (χ1) is 25.1. The minimum atomic E-state index is -4.29. The van der Waals surface area contributed by atoms with Crippen molar-refractivity contribution < 1.29 is 55.2 Å². The van der Waals surface area contributed by atoms with Gasteiger partial charge in [0.25, 0.3) is 20.2 Å². The molecule has 0 fully saturated rings. The summed E-state index contributed by atoms with van der Waals surface area (Å²) in [6.45, 7) is 11.6. The van der Waals surface area contributed by atoms with Crippen molar-refractivity contribution in [2.24, 2.45) is 10.8 Å². The summed E-state index contributed by atoms with van der Waals surface area (Å²) in [4.78, 5) is 25.3. The van der Waals surface area contributed by atoms with E-state index in [1.54, 1.807) is 52.0 Å². The van der Waals surface area contributed by atoms with Crippen LogP contribution in [0.15, 0.2) is 58.3 Å². The quantitative estimate of drug-likeness (QED) is 0.0330. The summed E-state index contributed by atoms with van der Waals surface area (Å²) >= 11 is 0. The molecule has 0 aliphatic carbocycles. The van der Waals surface area contributed by atoms with E-state index in [1.165, 1.54) is 24.3 Å². The highest BCUT2D eigenvalue weighted by Gasteiger charge is 2.34. The molecule has 0 amide bonds. The number of benzene rings is 2. The van der Waals surface area contributed by atoms with Crippen LogP contribution in [0.25, 0.3) is 0 Å². The van der Waals surface area contributed by atoms with Crippen molar-refractivity contribution in [2.75, 3.05) is 26.3 Å². The Morgan fingerprint density at radius 1 is 0.611 bits per heavy atom. The molecule has 54 heavy (non-hydrogen) atoms. The van der Waals surface area contributed by atoms with Gasteiger partial charge in [0, 0.05) is 0 Å². The van der Waals surface area contributed by atoms with Gasteiger partial charge < -0.3 is 19.7 Å². The van der Waals surface area contributed by atoms with Crippen LogP contribution in [-0.2, 0) is 39.3 Å². The van der Waals surface area contributed by atoms with Gasteiger partial charge in [-0.05, 0) is 127 Å². The van der Waals surface area contributed by atoms with Crippen LogP contribution < -0.4 is 10.6 Å². The van der Waals surface area contributed by atoms with E-state index in [9.17, 15) is 45.7 Å². The van der Waals surface area contributed by atoms with Crippen molar-refractivity contribution >= 4 is 32.2 Å². The number of carbonyl (C=O) groups is 2. The lowest BCUT2D eigenvalue weighted by Crippen LogP contribution is -2.37. The first kappa shape index (κ1) is 47.2. The predicted octanol–water partition coefficient (Wildman–Crippen LogP) is 5.16. The van der Waals surface area contributed by atoms with E-state index in [2.05, 4.69) is 10.6 Å². The molecule has 0 bridgehead atoms. The second-order valence-electron chi connectivity index (χ2n) is 15.0. The van der Waals surface area contributed by atoms with E-state index in [4.69, 9.17) is 9.47 Å². The van der Waals surface area contributed by atoms with Crippen molar-refractivity contribution in [1.29, 1.82) is 0 Å². The minimum Gasteiger partial charge on any atom is -0.461 e. The van der Waals surface area contributed by atoms with E-state index < -0.39 is 55.5 Å². The molecule has 2 aromatic rings. The van der Waals surface area contributed by atoms with E-state index in [-0.39, 0.29) is 34.8 Å². The predicted molar refractivity (Wildman–Crippen MR) is 204 cm³/mol. The fraction of sp³-hybridized carbons (Fsp3) is 0.632. The van der Waals surface area contributed by atoms with Gasteiger partial charge in [-0.3, -0.25) is 29.3 Å². The number of unbranched alkanes of at least 4 members (excludes halogenated alkanes) is 3. The number of carbonyl (C=O) groups excluding carboxylic acids is 2. The van der Waals surface area contributed by atoms with Crippen molar-refractivity contribution in [2.45, 2.75) is 127 Å². The highest BCUT2D eigenvalue weighted by Crippen LogP contribution is 2.36. The number of aliphatic hydroxyl groups is 2. The molecule has 306 valence electrons. The standard InChI is InChI=1S/C38H60N2O12S2/c1-7-27(29-13-17-31(18-14-29)53(45,46)47)23-37(3,4)35(43)51-25-33(41)39-21-11-9-10-12-22-40-34(42)26-52-36(44)38(5,6)24-28(8-2)30-15-19-32(20-16-30)54(48,49)50/h13-20,27-28,33-34,39-42H,7-12,21-26H2,1-6H3,(H,45,46,47)(H,48,49,50). The number of hydrogen-bond acceptors (Lipinski definition) is 12. The monoisotopic (exact) mass is 800 g/mol. The van der Waals surface area contributed by atoms with E-state index in [1.807, 2.05) is 13.8 Å². The van der Waals surface area contributed by atoms with Gasteiger partial charge >= 0.3 is 11.9 Å². The van der Waals surface area contributed by atoms with E-state index >= 15 is 0 Å². The van der Waals surface area contributed by atoms with Crippen LogP contribution >= 0.6 is 0 Å². The fourth-order valence-electron chi connectivity index (χ4n) is 6.18. The molecule has 0 saturated heterocycles. The Labute approximate surface area is 320 Å². The average molecular weight is 801 g/mol. The Kier molecular flexibility index (Phi) is 18.7. The third kappa shape index (κ3) is 16.0. The molecule has 0 spiro atoms. The number of ether oxygens (including phenoxy) is 2. The molecule has 6 N–H and O–H groups in total. The van der Waals surface area contributed by atoms with Crippen molar-refractivity contribution in [3.05, 3.63) is 59.7 Å². The van der Waals surface area contributed by atoms with Crippen LogP contribution in [0.2, 0.25) is 0 Å². The van der Waals surface area contributed by atoms with Crippen LogP contribution in [0.5, 0.6) is 0 Å². The maximum atomic E-state index is 12.9. The Bertz CT molecular complexity index is 1550. The minimum absolute atomic E-state index is 0.0531. The summed E-state index contributed by atoms with van der Waals surface area (Å²) in [6, 6.07) is 11.9. The molecule has 0 radical (unpaired) electrons. The maximum absolute atomic E-state index is 12.9. The molecule has 16 heteroatoms. The second kappa shape index (κ2) is 21.4. The summed E-state index contributed by atoms with van der Waals surface area (Å²) < 4.78 is 74.6. The lowest BCUT2D eigenvalue weighted by molar-refractivity contribution is -0.158. The van der Waals surface area contributed by atoms with Crippen LogP contribution in [-0.4, -0.2) is 86.9 Å². The zero-order valence-electron chi connectivity index (χ0n) is 32.3. The molecule has 14 nitrogen and oxygen atoms in total. The third-order valence-electron chi connectivity index (χ3n) is 9.51. The number of esters is 2.